The van der Waals surface area contributed by atoms with Gasteiger partial charge in [0.05, 0.1) is 11.6 Å². The fraction of sp³-hybridized carbons (Fsp3) is 0.235. The van der Waals surface area contributed by atoms with Crippen LogP contribution < -0.4 is 5.32 Å². The summed E-state index contributed by atoms with van der Waals surface area (Å²) in [5, 5.41) is 7.03. The number of nitrogens with one attached hydrogen (secondary N) is 1. The number of pyridine rings is 1. The average Bonchev–Trinajstić information content (AvgIpc) is 2.94. The van der Waals surface area contributed by atoms with Crippen molar-refractivity contribution in [3.63, 3.8) is 0 Å². The van der Waals surface area contributed by atoms with Gasteiger partial charge in [0, 0.05) is 26.3 Å². The molecule has 0 aliphatic heterocycles. The first-order valence-corrected chi connectivity index (χ1v) is 8.78. The molecule has 0 aliphatic rings. The van der Waals surface area contributed by atoms with Gasteiger partial charge in [0.2, 0.25) is 0 Å². The second kappa shape index (κ2) is 6.69. The van der Waals surface area contributed by atoms with Crippen LogP contribution in [-0.4, -0.2) is 11.5 Å². The summed E-state index contributed by atoms with van der Waals surface area (Å²) >= 11 is 5.34. The minimum absolute atomic E-state index is 0.217. The lowest BCUT2D eigenvalue weighted by Crippen LogP contribution is -2.22. The van der Waals surface area contributed by atoms with Crippen LogP contribution in [0.25, 0.3) is 10.9 Å². The number of halogens is 1. The molecule has 3 rings (SSSR count). The number of fused-ring (bicyclic) bond motifs is 1. The Labute approximate surface area is 137 Å². The van der Waals surface area contributed by atoms with Crippen LogP contribution in [0, 0.1) is 0 Å². The van der Waals surface area contributed by atoms with Gasteiger partial charge in [-0.3, -0.25) is 4.98 Å². The topological polar surface area (TPSA) is 24.9 Å². The van der Waals surface area contributed by atoms with E-state index in [1.54, 1.807) is 11.3 Å². The van der Waals surface area contributed by atoms with Gasteiger partial charge in [0.1, 0.15) is 0 Å². The second-order valence-electron chi connectivity index (χ2n) is 4.97. The molecule has 4 heteroatoms. The van der Waals surface area contributed by atoms with Crippen LogP contribution in [0.5, 0.6) is 0 Å². The van der Waals surface area contributed by atoms with Crippen molar-refractivity contribution in [1.82, 2.24) is 10.3 Å². The van der Waals surface area contributed by atoms with E-state index in [9.17, 15) is 0 Å². The summed E-state index contributed by atoms with van der Waals surface area (Å²) in [6, 6.07) is 12.9. The maximum Gasteiger partial charge on any atom is 0.0705 e. The highest BCUT2D eigenvalue weighted by Gasteiger charge is 2.17. The number of nitrogens with zero attached hydrogens (tertiary/aromatic N) is 1. The fourth-order valence-electron chi connectivity index (χ4n) is 2.51. The van der Waals surface area contributed by atoms with Crippen molar-refractivity contribution >= 4 is 38.2 Å². The molecule has 3 aromatic rings. The predicted octanol–water partition coefficient (Wildman–Crippen LogP) is 5.15. The highest BCUT2D eigenvalue weighted by atomic mass is 79.9. The molecule has 108 valence electrons. The summed E-state index contributed by atoms with van der Waals surface area (Å²) in [4.78, 5) is 5.80. The van der Waals surface area contributed by atoms with E-state index in [1.165, 1.54) is 15.8 Å². The summed E-state index contributed by atoms with van der Waals surface area (Å²) in [6.45, 7) is 3.19. The first kappa shape index (κ1) is 14.7. The summed E-state index contributed by atoms with van der Waals surface area (Å²) in [7, 11) is 0. The van der Waals surface area contributed by atoms with Crippen molar-refractivity contribution in [3.05, 3.63) is 62.9 Å². The van der Waals surface area contributed by atoms with Gasteiger partial charge in [-0.05, 0) is 52.7 Å². The Balaban J connectivity index is 2.09. The Morgan fingerprint density at radius 3 is 2.95 bits per heavy atom. The number of hydrogen-bond donors (Lipinski definition) is 1. The molecule has 0 amide bonds. The van der Waals surface area contributed by atoms with Crippen molar-refractivity contribution in [2.75, 3.05) is 6.54 Å². The predicted molar refractivity (Wildman–Crippen MR) is 93.9 cm³/mol. The van der Waals surface area contributed by atoms with E-state index in [4.69, 9.17) is 0 Å². The third-order valence-electron chi connectivity index (χ3n) is 3.46. The average molecular weight is 361 g/mol. The first-order valence-electron chi connectivity index (χ1n) is 7.10. The van der Waals surface area contributed by atoms with Gasteiger partial charge in [0.15, 0.2) is 0 Å². The third-order valence-corrected chi connectivity index (χ3v) is 5.22. The van der Waals surface area contributed by atoms with Crippen molar-refractivity contribution in [2.24, 2.45) is 0 Å². The molecular weight excluding hydrogens is 344 g/mol. The molecule has 21 heavy (non-hydrogen) atoms. The molecule has 1 atom stereocenters. The maximum absolute atomic E-state index is 4.47. The van der Waals surface area contributed by atoms with Crippen LogP contribution >= 0.6 is 27.3 Å². The van der Waals surface area contributed by atoms with Crippen LogP contribution in [0.15, 0.2) is 52.4 Å². The highest BCUT2D eigenvalue weighted by Crippen LogP contribution is 2.33. The monoisotopic (exact) mass is 360 g/mol. The maximum atomic E-state index is 4.47. The molecule has 1 unspecified atom stereocenters. The lowest BCUT2D eigenvalue weighted by atomic mass is 10.00. The quantitative estimate of drug-likeness (QED) is 0.680. The third kappa shape index (κ3) is 3.18. The molecule has 1 aromatic carbocycles. The molecule has 0 bridgehead atoms. The van der Waals surface area contributed by atoms with Gasteiger partial charge in [-0.1, -0.05) is 25.1 Å². The molecule has 0 saturated heterocycles. The molecule has 0 fully saturated rings. The van der Waals surface area contributed by atoms with Gasteiger partial charge in [0.25, 0.3) is 0 Å². The Bertz CT molecular complexity index is 733. The van der Waals surface area contributed by atoms with Crippen LogP contribution in [-0.2, 0) is 0 Å². The Morgan fingerprint density at radius 2 is 2.19 bits per heavy atom. The Kier molecular flexibility index (Phi) is 4.68. The summed E-state index contributed by atoms with van der Waals surface area (Å²) < 4.78 is 1.14. The number of thiophene rings is 1. The highest BCUT2D eigenvalue weighted by molar-refractivity contribution is 9.10. The largest absolute Gasteiger partial charge is 0.306 e. The van der Waals surface area contributed by atoms with Crippen molar-refractivity contribution in [1.29, 1.82) is 0 Å². The number of rotatable bonds is 5. The summed E-state index contributed by atoms with van der Waals surface area (Å²) in [5.41, 5.74) is 2.34. The van der Waals surface area contributed by atoms with Crippen molar-refractivity contribution in [2.45, 2.75) is 19.4 Å². The molecule has 2 heterocycles. The number of aromatic nitrogens is 1. The number of hydrogen-bond acceptors (Lipinski definition) is 3. The van der Waals surface area contributed by atoms with Crippen LogP contribution in [0.3, 0.4) is 0 Å². The molecule has 0 spiro atoms. The zero-order valence-electron chi connectivity index (χ0n) is 11.8. The summed E-state index contributed by atoms with van der Waals surface area (Å²) in [5.74, 6) is 0. The molecule has 2 aromatic heterocycles. The molecule has 0 aliphatic carbocycles. The van der Waals surface area contributed by atoms with E-state index in [-0.39, 0.29) is 6.04 Å². The summed E-state index contributed by atoms with van der Waals surface area (Å²) in [6.07, 6.45) is 2.97. The van der Waals surface area contributed by atoms with Gasteiger partial charge >= 0.3 is 0 Å². The minimum Gasteiger partial charge on any atom is -0.306 e. The molecule has 1 N–H and O–H groups in total. The molecule has 0 saturated carbocycles. The van der Waals surface area contributed by atoms with E-state index >= 15 is 0 Å². The zero-order valence-corrected chi connectivity index (χ0v) is 14.2. The molecular formula is C17H17BrN2S. The SMILES string of the molecule is CCCNC(c1cc(Br)cs1)c1cccc2ncccc12. The standard InChI is InChI=1S/C17H17BrN2S/c1-2-8-20-17(16-10-12(18)11-21-16)14-5-3-7-15-13(14)6-4-9-19-15/h3-7,9-11,17,20H,2,8H2,1H3. The zero-order chi connectivity index (χ0) is 14.7. The lowest BCUT2D eigenvalue weighted by Gasteiger charge is -2.19. The van der Waals surface area contributed by atoms with Crippen molar-refractivity contribution in [3.8, 4) is 0 Å². The van der Waals surface area contributed by atoms with Gasteiger partial charge < -0.3 is 5.32 Å². The van der Waals surface area contributed by atoms with Crippen LogP contribution in [0.1, 0.15) is 29.8 Å². The van der Waals surface area contributed by atoms with Gasteiger partial charge in [-0.2, -0.15) is 0 Å². The molecule has 2 nitrogen and oxygen atoms in total. The van der Waals surface area contributed by atoms with E-state index in [1.807, 2.05) is 12.3 Å². The van der Waals surface area contributed by atoms with Crippen LogP contribution in [0.2, 0.25) is 0 Å². The van der Waals surface area contributed by atoms with E-state index < -0.39 is 0 Å². The van der Waals surface area contributed by atoms with Gasteiger partial charge in [-0.15, -0.1) is 11.3 Å². The van der Waals surface area contributed by atoms with E-state index in [2.05, 4.69) is 68.9 Å². The Hall–Kier alpha value is -1.23. The second-order valence-corrected chi connectivity index (χ2v) is 6.83. The lowest BCUT2D eigenvalue weighted by molar-refractivity contribution is 0.609. The molecule has 0 radical (unpaired) electrons. The smallest absolute Gasteiger partial charge is 0.0705 e. The van der Waals surface area contributed by atoms with E-state index in [0.29, 0.717) is 0 Å². The van der Waals surface area contributed by atoms with E-state index in [0.717, 1.165) is 23.0 Å². The first-order chi connectivity index (χ1) is 10.3. The van der Waals surface area contributed by atoms with Crippen LogP contribution in [0.4, 0.5) is 0 Å². The van der Waals surface area contributed by atoms with Gasteiger partial charge in [-0.25, -0.2) is 0 Å². The minimum atomic E-state index is 0.217. The Morgan fingerprint density at radius 1 is 1.29 bits per heavy atom. The number of benzene rings is 1. The van der Waals surface area contributed by atoms with Crippen molar-refractivity contribution < 1.29 is 0 Å². The normalized spacial score (nSPS) is 12.7. The fourth-order valence-corrected chi connectivity index (χ4v) is 4.05.